The van der Waals surface area contributed by atoms with Crippen molar-refractivity contribution < 1.29 is 23.5 Å². The zero-order chi connectivity index (χ0) is 19.4. The van der Waals surface area contributed by atoms with Gasteiger partial charge >= 0.3 is 11.9 Å². The van der Waals surface area contributed by atoms with Crippen molar-refractivity contribution in [3.05, 3.63) is 72.4 Å². The van der Waals surface area contributed by atoms with E-state index in [1.54, 1.807) is 10.6 Å². The summed E-state index contributed by atoms with van der Waals surface area (Å²) in [4.78, 5) is 25.8. The minimum atomic E-state index is -0.819. The normalized spacial score (nSPS) is 13.5. The van der Waals surface area contributed by atoms with Gasteiger partial charge in [-0.05, 0) is 30.4 Å². The van der Waals surface area contributed by atoms with E-state index in [2.05, 4.69) is 10.2 Å². The number of nitrogens with zero attached hydrogens (tertiary/aromatic N) is 4. The second-order valence-electron chi connectivity index (χ2n) is 5.32. The molecule has 1 aromatic carbocycles. The molecule has 0 radical (unpaired) electrons. The van der Waals surface area contributed by atoms with E-state index < -0.39 is 17.8 Å². The first kappa shape index (κ1) is 18.1. The number of methoxy groups -OCH3 is 2. The van der Waals surface area contributed by atoms with Gasteiger partial charge in [-0.1, -0.05) is 6.08 Å². The minimum Gasteiger partial charge on any atom is -0.465 e. The Hall–Kier alpha value is -3.75. The number of hydrogen-bond donors (Lipinski definition) is 0. The number of aromatic nitrogens is 3. The van der Waals surface area contributed by atoms with Crippen LogP contribution in [0.15, 0.2) is 66.6 Å². The summed E-state index contributed by atoms with van der Waals surface area (Å²) in [5.74, 6) is -2.18. The molecule has 2 aromatic rings. The van der Waals surface area contributed by atoms with Crippen LogP contribution in [0.5, 0.6) is 0 Å². The number of allylic oxidation sites excluding steroid dienone is 2. The molecule has 0 unspecified atom stereocenters. The SMILES string of the molecule is COC(=O)C1=C(C(=O)OC)N(c2cc(-n3cnnc3)ccc2F)C=CC=C1. The molecular weight excluding hydrogens is 355 g/mol. The van der Waals surface area contributed by atoms with Crippen molar-refractivity contribution in [2.75, 3.05) is 19.1 Å². The number of anilines is 1. The maximum Gasteiger partial charge on any atom is 0.355 e. The number of ether oxygens (including phenoxy) is 2. The maximum atomic E-state index is 14.7. The highest BCUT2D eigenvalue weighted by atomic mass is 19.1. The molecule has 2 heterocycles. The fraction of sp³-hybridized carbons (Fsp3) is 0.111. The van der Waals surface area contributed by atoms with E-state index in [1.165, 1.54) is 68.3 Å². The van der Waals surface area contributed by atoms with Gasteiger partial charge in [0.15, 0.2) is 0 Å². The van der Waals surface area contributed by atoms with Crippen molar-refractivity contribution in [1.29, 1.82) is 0 Å². The van der Waals surface area contributed by atoms with Gasteiger partial charge in [-0.3, -0.25) is 4.57 Å². The molecule has 0 atom stereocenters. The average molecular weight is 370 g/mol. The lowest BCUT2D eigenvalue weighted by molar-refractivity contribution is -0.139. The highest BCUT2D eigenvalue weighted by Crippen LogP contribution is 2.30. The lowest BCUT2D eigenvalue weighted by Gasteiger charge is -2.24. The van der Waals surface area contributed by atoms with Gasteiger partial charge in [0.25, 0.3) is 0 Å². The molecule has 0 aliphatic carbocycles. The Labute approximate surface area is 153 Å². The molecule has 0 saturated carbocycles. The standard InChI is InChI=1S/C18H15FN4O4/c1-26-17(24)13-5-3-4-8-23(16(13)18(25)27-2)15-9-12(6-7-14(15)19)22-10-20-21-11-22/h3-11H,1-2H3. The monoisotopic (exact) mass is 370 g/mol. The zero-order valence-electron chi connectivity index (χ0n) is 14.5. The van der Waals surface area contributed by atoms with Crippen molar-refractivity contribution in [2.24, 2.45) is 0 Å². The fourth-order valence-electron chi connectivity index (χ4n) is 2.53. The van der Waals surface area contributed by atoms with E-state index in [-0.39, 0.29) is 17.0 Å². The number of rotatable bonds is 4. The van der Waals surface area contributed by atoms with Crippen LogP contribution in [0.3, 0.4) is 0 Å². The molecule has 0 spiro atoms. The molecule has 3 rings (SSSR count). The van der Waals surface area contributed by atoms with Crippen molar-refractivity contribution >= 4 is 17.6 Å². The highest BCUT2D eigenvalue weighted by Gasteiger charge is 2.29. The second-order valence-corrected chi connectivity index (χ2v) is 5.32. The Balaban J connectivity index is 2.20. The summed E-state index contributed by atoms with van der Waals surface area (Å²) in [6.07, 6.45) is 8.85. The van der Waals surface area contributed by atoms with Crippen molar-refractivity contribution in [1.82, 2.24) is 14.8 Å². The number of carbonyl (C=O) groups excluding carboxylic acids is 2. The van der Waals surface area contributed by atoms with Crippen LogP contribution in [0.4, 0.5) is 10.1 Å². The number of esters is 2. The van der Waals surface area contributed by atoms with E-state index in [0.717, 1.165) is 0 Å². The second kappa shape index (κ2) is 7.65. The van der Waals surface area contributed by atoms with Crippen LogP contribution in [-0.2, 0) is 19.1 Å². The van der Waals surface area contributed by atoms with Crippen LogP contribution in [0.1, 0.15) is 0 Å². The smallest absolute Gasteiger partial charge is 0.355 e. The van der Waals surface area contributed by atoms with Gasteiger partial charge in [0.05, 0.1) is 31.2 Å². The van der Waals surface area contributed by atoms with E-state index in [4.69, 9.17) is 9.47 Å². The van der Waals surface area contributed by atoms with E-state index in [1.807, 2.05) is 0 Å². The number of hydrogen-bond acceptors (Lipinski definition) is 7. The van der Waals surface area contributed by atoms with Crippen molar-refractivity contribution in [2.45, 2.75) is 0 Å². The van der Waals surface area contributed by atoms with Crippen LogP contribution in [0.2, 0.25) is 0 Å². The lowest BCUT2D eigenvalue weighted by atomic mass is 10.1. The van der Waals surface area contributed by atoms with Crippen LogP contribution in [0.25, 0.3) is 5.69 Å². The first-order valence-corrected chi connectivity index (χ1v) is 7.76. The molecule has 1 aliphatic heterocycles. The number of halogens is 1. The first-order chi connectivity index (χ1) is 13.1. The predicted octanol–water partition coefficient (Wildman–Crippen LogP) is 1.90. The van der Waals surface area contributed by atoms with Gasteiger partial charge in [-0.15, -0.1) is 10.2 Å². The third-order valence-corrected chi connectivity index (χ3v) is 3.80. The minimum absolute atomic E-state index is 0.0305. The summed E-state index contributed by atoms with van der Waals surface area (Å²) in [6.45, 7) is 0. The van der Waals surface area contributed by atoms with Crippen LogP contribution >= 0.6 is 0 Å². The summed E-state index contributed by atoms with van der Waals surface area (Å²) in [5.41, 5.74) is 0.353. The topological polar surface area (TPSA) is 86.6 Å². The summed E-state index contributed by atoms with van der Waals surface area (Å²) in [6, 6.07) is 4.26. The Morgan fingerprint density at radius 3 is 2.41 bits per heavy atom. The molecule has 0 N–H and O–H groups in total. The number of carbonyl (C=O) groups is 2. The molecule has 0 amide bonds. The third kappa shape index (κ3) is 3.47. The molecule has 0 bridgehead atoms. The molecule has 138 valence electrons. The van der Waals surface area contributed by atoms with E-state index in [9.17, 15) is 14.0 Å². The van der Waals surface area contributed by atoms with Gasteiger partial charge < -0.3 is 14.4 Å². The van der Waals surface area contributed by atoms with Gasteiger partial charge in [-0.25, -0.2) is 14.0 Å². The molecular formula is C18H15FN4O4. The Morgan fingerprint density at radius 2 is 1.74 bits per heavy atom. The van der Waals surface area contributed by atoms with Gasteiger partial charge in [0, 0.05) is 6.20 Å². The van der Waals surface area contributed by atoms with Gasteiger partial charge in [-0.2, -0.15) is 0 Å². The molecule has 0 fully saturated rings. The van der Waals surface area contributed by atoms with E-state index in [0.29, 0.717) is 5.69 Å². The van der Waals surface area contributed by atoms with Crippen LogP contribution in [0, 0.1) is 5.82 Å². The predicted molar refractivity (Wildman–Crippen MR) is 93.1 cm³/mol. The van der Waals surface area contributed by atoms with Crippen LogP contribution < -0.4 is 4.90 Å². The van der Waals surface area contributed by atoms with Gasteiger partial charge in [0.1, 0.15) is 24.2 Å². The summed E-state index contributed by atoms with van der Waals surface area (Å²) >= 11 is 0. The Kier molecular flexibility index (Phi) is 5.11. The third-order valence-electron chi connectivity index (χ3n) is 3.80. The molecule has 8 nitrogen and oxygen atoms in total. The molecule has 1 aliphatic rings. The quantitative estimate of drug-likeness (QED) is 0.760. The van der Waals surface area contributed by atoms with E-state index >= 15 is 0 Å². The Morgan fingerprint density at radius 1 is 1.04 bits per heavy atom. The summed E-state index contributed by atoms with van der Waals surface area (Å²) < 4.78 is 25.8. The Bertz CT molecular complexity index is 964. The molecule has 0 saturated heterocycles. The van der Waals surface area contributed by atoms with Crippen LogP contribution in [-0.4, -0.2) is 40.9 Å². The summed E-state index contributed by atoms with van der Waals surface area (Å²) in [7, 11) is 2.36. The fourth-order valence-corrected chi connectivity index (χ4v) is 2.53. The lowest BCUT2D eigenvalue weighted by Crippen LogP contribution is -2.27. The maximum absolute atomic E-state index is 14.7. The molecule has 27 heavy (non-hydrogen) atoms. The first-order valence-electron chi connectivity index (χ1n) is 7.76. The highest BCUT2D eigenvalue weighted by molar-refractivity contribution is 6.05. The largest absolute Gasteiger partial charge is 0.465 e. The zero-order valence-corrected chi connectivity index (χ0v) is 14.5. The summed E-state index contributed by atoms with van der Waals surface area (Å²) in [5, 5.41) is 7.44. The molecule has 1 aromatic heterocycles. The average Bonchev–Trinajstić information content (AvgIpc) is 3.13. The number of benzene rings is 1. The van der Waals surface area contributed by atoms with Gasteiger partial charge in [0.2, 0.25) is 0 Å². The van der Waals surface area contributed by atoms with Crippen molar-refractivity contribution in [3.63, 3.8) is 0 Å². The van der Waals surface area contributed by atoms with Crippen molar-refractivity contribution in [3.8, 4) is 5.69 Å². The molecule has 9 heteroatoms.